The first kappa shape index (κ1) is 16.8. The fraction of sp³-hybridized carbons (Fsp3) is 0.444. The molecule has 128 valence electrons. The molecule has 6 heteroatoms. The van der Waals surface area contributed by atoms with Crippen LogP contribution < -0.4 is 10.6 Å². The second-order valence-electron chi connectivity index (χ2n) is 6.18. The van der Waals surface area contributed by atoms with Gasteiger partial charge in [-0.3, -0.25) is 9.67 Å². The van der Waals surface area contributed by atoms with Crippen LogP contribution in [0.15, 0.2) is 47.7 Å². The van der Waals surface area contributed by atoms with E-state index in [4.69, 9.17) is 16.6 Å². The number of halogens is 1. The Labute approximate surface area is 148 Å². The third-order valence-corrected chi connectivity index (χ3v) is 4.60. The highest BCUT2D eigenvalue weighted by Crippen LogP contribution is 2.48. The highest BCUT2D eigenvalue weighted by molar-refractivity contribution is 6.30. The summed E-state index contributed by atoms with van der Waals surface area (Å²) in [6.45, 7) is 5.31. The van der Waals surface area contributed by atoms with Gasteiger partial charge in [-0.05, 0) is 43.5 Å². The third-order valence-electron chi connectivity index (χ3n) is 4.37. The topological polar surface area (TPSA) is 54.2 Å². The number of benzene rings is 1. The Morgan fingerprint density at radius 2 is 2.21 bits per heavy atom. The normalized spacial score (nSPS) is 16.0. The number of hydrogen-bond donors (Lipinski definition) is 2. The smallest absolute Gasteiger partial charge is 0.191 e. The van der Waals surface area contributed by atoms with Crippen molar-refractivity contribution in [2.24, 2.45) is 4.99 Å². The highest BCUT2D eigenvalue weighted by Gasteiger charge is 2.44. The third kappa shape index (κ3) is 4.29. The van der Waals surface area contributed by atoms with Crippen molar-refractivity contribution in [1.82, 2.24) is 20.4 Å². The number of aromatic nitrogens is 2. The van der Waals surface area contributed by atoms with Crippen molar-refractivity contribution >= 4 is 17.6 Å². The Morgan fingerprint density at radius 3 is 2.88 bits per heavy atom. The minimum atomic E-state index is 0.162. The fourth-order valence-electron chi connectivity index (χ4n) is 2.80. The molecule has 5 nitrogen and oxygen atoms in total. The van der Waals surface area contributed by atoms with Gasteiger partial charge < -0.3 is 10.6 Å². The summed E-state index contributed by atoms with van der Waals surface area (Å²) in [6, 6.07) is 10.1. The minimum absolute atomic E-state index is 0.162. The molecular weight excluding hydrogens is 322 g/mol. The van der Waals surface area contributed by atoms with Crippen LogP contribution in [0.2, 0.25) is 5.02 Å². The first-order chi connectivity index (χ1) is 11.7. The summed E-state index contributed by atoms with van der Waals surface area (Å²) in [5.41, 5.74) is 1.46. The fourth-order valence-corrected chi connectivity index (χ4v) is 2.99. The van der Waals surface area contributed by atoms with Gasteiger partial charge in [-0.1, -0.05) is 23.7 Å². The molecule has 2 aromatic rings. The van der Waals surface area contributed by atoms with E-state index >= 15 is 0 Å². The largest absolute Gasteiger partial charge is 0.357 e. The Bertz CT molecular complexity index is 676. The molecule has 24 heavy (non-hydrogen) atoms. The maximum absolute atomic E-state index is 6.14. The summed E-state index contributed by atoms with van der Waals surface area (Å²) in [7, 11) is 0. The van der Waals surface area contributed by atoms with E-state index in [1.807, 2.05) is 29.1 Å². The summed E-state index contributed by atoms with van der Waals surface area (Å²) in [5, 5.41) is 11.7. The van der Waals surface area contributed by atoms with Gasteiger partial charge in [-0.2, -0.15) is 5.10 Å². The summed E-state index contributed by atoms with van der Waals surface area (Å²) < 4.78 is 1.91. The van der Waals surface area contributed by atoms with E-state index in [1.165, 1.54) is 18.4 Å². The van der Waals surface area contributed by atoms with E-state index in [1.54, 1.807) is 6.20 Å². The SMILES string of the molecule is CCNC(=NCC1(c2cccc(Cl)c2)CC1)NCCn1cccn1. The van der Waals surface area contributed by atoms with Crippen molar-refractivity contribution in [2.45, 2.75) is 31.7 Å². The predicted molar refractivity (Wildman–Crippen MR) is 98.6 cm³/mol. The lowest BCUT2D eigenvalue weighted by Crippen LogP contribution is -2.39. The molecule has 1 saturated carbocycles. The average Bonchev–Trinajstić information content (AvgIpc) is 3.20. The van der Waals surface area contributed by atoms with Crippen LogP contribution in [0.25, 0.3) is 0 Å². The number of nitrogens with zero attached hydrogens (tertiary/aromatic N) is 3. The summed E-state index contributed by atoms with van der Waals surface area (Å²) in [5.74, 6) is 0.859. The van der Waals surface area contributed by atoms with Gasteiger partial charge in [0.15, 0.2) is 5.96 Å². The van der Waals surface area contributed by atoms with Gasteiger partial charge in [0.1, 0.15) is 0 Å². The molecule has 0 bridgehead atoms. The number of aliphatic imine (C=N–C) groups is 1. The molecule has 1 heterocycles. The molecule has 0 spiro atoms. The maximum Gasteiger partial charge on any atom is 0.191 e. The van der Waals surface area contributed by atoms with Crippen LogP contribution in [0.1, 0.15) is 25.3 Å². The Morgan fingerprint density at radius 1 is 1.33 bits per heavy atom. The van der Waals surface area contributed by atoms with Crippen LogP contribution in [0, 0.1) is 0 Å². The van der Waals surface area contributed by atoms with E-state index in [0.717, 1.165) is 37.2 Å². The highest BCUT2D eigenvalue weighted by atomic mass is 35.5. The minimum Gasteiger partial charge on any atom is -0.357 e. The first-order valence-corrected chi connectivity index (χ1v) is 8.85. The number of rotatable bonds is 7. The van der Waals surface area contributed by atoms with Crippen LogP contribution in [0.3, 0.4) is 0 Å². The predicted octanol–water partition coefficient (Wildman–Crippen LogP) is 2.82. The zero-order valence-electron chi connectivity index (χ0n) is 14.0. The van der Waals surface area contributed by atoms with Crippen LogP contribution in [-0.4, -0.2) is 35.4 Å². The van der Waals surface area contributed by atoms with Crippen molar-refractivity contribution in [1.29, 1.82) is 0 Å². The molecular formula is C18H24ClN5. The van der Waals surface area contributed by atoms with Gasteiger partial charge >= 0.3 is 0 Å². The lowest BCUT2D eigenvalue weighted by atomic mass is 9.96. The molecule has 0 radical (unpaired) electrons. The molecule has 1 aromatic carbocycles. The van der Waals surface area contributed by atoms with Gasteiger partial charge in [0.2, 0.25) is 0 Å². The molecule has 0 atom stereocenters. The second-order valence-corrected chi connectivity index (χ2v) is 6.62. The van der Waals surface area contributed by atoms with Crippen molar-refractivity contribution in [2.75, 3.05) is 19.6 Å². The van der Waals surface area contributed by atoms with Gasteiger partial charge in [0, 0.05) is 35.9 Å². The molecule has 0 unspecified atom stereocenters. The van der Waals surface area contributed by atoms with Crippen molar-refractivity contribution in [3.05, 3.63) is 53.3 Å². The van der Waals surface area contributed by atoms with Gasteiger partial charge in [-0.15, -0.1) is 0 Å². The van der Waals surface area contributed by atoms with Crippen molar-refractivity contribution in [3.63, 3.8) is 0 Å². The molecule has 1 aromatic heterocycles. The standard InChI is InChI=1S/C18H24ClN5/c1-2-20-17(21-10-12-24-11-4-9-23-24)22-14-18(7-8-18)15-5-3-6-16(19)13-15/h3-6,9,11,13H,2,7-8,10,12,14H2,1H3,(H2,20,21,22). The lowest BCUT2D eigenvalue weighted by Gasteiger charge is -2.16. The van der Waals surface area contributed by atoms with E-state index in [-0.39, 0.29) is 5.41 Å². The maximum atomic E-state index is 6.14. The van der Waals surface area contributed by atoms with E-state index < -0.39 is 0 Å². The number of hydrogen-bond acceptors (Lipinski definition) is 2. The van der Waals surface area contributed by atoms with Crippen molar-refractivity contribution in [3.8, 4) is 0 Å². The van der Waals surface area contributed by atoms with Gasteiger partial charge in [0.05, 0.1) is 13.1 Å². The van der Waals surface area contributed by atoms with E-state index in [9.17, 15) is 0 Å². The van der Waals surface area contributed by atoms with Crippen LogP contribution in [0.5, 0.6) is 0 Å². The quantitative estimate of drug-likeness (QED) is 0.599. The van der Waals surface area contributed by atoms with Crippen LogP contribution in [0.4, 0.5) is 0 Å². The summed E-state index contributed by atoms with van der Waals surface area (Å²) in [4.78, 5) is 4.79. The Kier molecular flexibility index (Phi) is 5.41. The van der Waals surface area contributed by atoms with Crippen molar-refractivity contribution < 1.29 is 0 Å². The van der Waals surface area contributed by atoms with E-state index in [2.05, 4.69) is 34.8 Å². The van der Waals surface area contributed by atoms with Gasteiger partial charge in [0.25, 0.3) is 0 Å². The monoisotopic (exact) mass is 345 g/mol. The van der Waals surface area contributed by atoms with Gasteiger partial charge in [-0.25, -0.2) is 0 Å². The first-order valence-electron chi connectivity index (χ1n) is 8.47. The second kappa shape index (κ2) is 7.71. The molecule has 1 aliphatic rings. The molecule has 1 aliphatic carbocycles. The van der Waals surface area contributed by atoms with Crippen LogP contribution >= 0.6 is 11.6 Å². The molecule has 3 rings (SSSR count). The zero-order chi connectivity index (χ0) is 16.8. The summed E-state index contributed by atoms with van der Waals surface area (Å²) >= 11 is 6.14. The van der Waals surface area contributed by atoms with E-state index in [0.29, 0.717) is 0 Å². The van der Waals surface area contributed by atoms with Crippen LogP contribution in [-0.2, 0) is 12.0 Å². The number of nitrogens with one attached hydrogen (secondary N) is 2. The summed E-state index contributed by atoms with van der Waals surface area (Å²) in [6.07, 6.45) is 6.10. The molecule has 0 saturated heterocycles. The lowest BCUT2D eigenvalue weighted by molar-refractivity contribution is 0.596. The molecule has 0 amide bonds. The number of guanidine groups is 1. The zero-order valence-corrected chi connectivity index (χ0v) is 14.8. The molecule has 0 aliphatic heterocycles. The molecule has 2 N–H and O–H groups in total. The Hall–Kier alpha value is -2.01. The average molecular weight is 346 g/mol. The Balaban J connectivity index is 1.59. The molecule has 1 fully saturated rings.